The number of aryl methyl sites for hydroxylation is 2. The van der Waals surface area contributed by atoms with Gasteiger partial charge in [0.05, 0.1) is 22.5 Å². The van der Waals surface area contributed by atoms with E-state index in [1.807, 2.05) is 67.1 Å². The predicted molar refractivity (Wildman–Crippen MR) is 105 cm³/mol. The van der Waals surface area contributed by atoms with Gasteiger partial charge in [0, 0.05) is 11.3 Å². The van der Waals surface area contributed by atoms with Gasteiger partial charge >= 0.3 is 0 Å². The summed E-state index contributed by atoms with van der Waals surface area (Å²) in [5, 5.41) is 7.96. The molecule has 1 amide bonds. The summed E-state index contributed by atoms with van der Waals surface area (Å²) >= 11 is 1.47. The third-order valence-electron chi connectivity index (χ3n) is 4.17. The fourth-order valence-corrected chi connectivity index (χ4v) is 3.73. The van der Waals surface area contributed by atoms with E-state index in [9.17, 15) is 4.79 Å². The number of hydrogen-bond donors (Lipinski definition) is 1. The smallest absolute Gasteiger partial charge is 0.257 e. The first-order chi connectivity index (χ1) is 12.6. The molecule has 0 spiro atoms. The van der Waals surface area contributed by atoms with Crippen LogP contribution < -0.4 is 5.32 Å². The molecule has 0 unspecified atom stereocenters. The second kappa shape index (κ2) is 6.72. The second-order valence-electron chi connectivity index (χ2n) is 6.22. The first-order valence-electron chi connectivity index (χ1n) is 8.35. The van der Waals surface area contributed by atoms with Crippen LogP contribution in [0.25, 0.3) is 10.2 Å². The number of para-hydroxylation sites is 1. The fourth-order valence-electron chi connectivity index (χ4n) is 2.86. The van der Waals surface area contributed by atoms with Gasteiger partial charge in [-0.1, -0.05) is 35.6 Å². The molecule has 2 heterocycles. The molecule has 0 saturated heterocycles. The highest BCUT2D eigenvalue weighted by atomic mass is 32.1. The van der Waals surface area contributed by atoms with Crippen molar-refractivity contribution in [1.82, 2.24) is 14.8 Å². The van der Waals surface area contributed by atoms with Crippen LogP contribution in [-0.4, -0.2) is 20.7 Å². The first-order valence-corrected chi connectivity index (χ1v) is 9.17. The lowest BCUT2D eigenvalue weighted by Gasteiger charge is -2.06. The summed E-state index contributed by atoms with van der Waals surface area (Å²) in [4.78, 5) is 16.9. The van der Waals surface area contributed by atoms with Gasteiger partial charge < -0.3 is 0 Å². The van der Waals surface area contributed by atoms with Crippen molar-refractivity contribution in [1.29, 1.82) is 0 Å². The maximum absolute atomic E-state index is 12.5. The Morgan fingerprint density at radius 2 is 1.88 bits per heavy atom. The molecule has 0 aliphatic carbocycles. The number of thiazole rings is 1. The van der Waals surface area contributed by atoms with Gasteiger partial charge in [0.15, 0.2) is 5.13 Å². The molecular weight excluding hydrogens is 344 g/mol. The lowest BCUT2D eigenvalue weighted by atomic mass is 10.1. The Balaban J connectivity index is 1.47. The molecule has 0 saturated carbocycles. The zero-order valence-corrected chi connectivity index (χ0v) is 15.4. The van der Waals surface area contributed by atoms with Crippen molar-refractivity contribution in [2.75, 3.05) is 5.32 Å². The van der Waals surface area contributed by atoms with Crippen LogP contribution in [0.3, 0.4) is 0 Å². The SMILES string of the molecule is Cc1cc(C)n(Cc2ccc(C(=O)Nc3nc4ccccc4s3)cc2)n1. The Morgan fingerprint density at radius 1 is 1.12 bits per heavy atom. The number of anilines is 1. The number of fused-ring (bicyclic) bond motifs is 1. The van der Waals surface area contributed by atoms with E-state index >= 15 is 0 Å². The van der Waals surface area contributed by atoms with Crippen LogP contribution in [-0.2, 0) is 6.54 Å². The van der Waals surface area contributed by atoms with Crippen molar-refractivity contribution in [2.24, 2.45) is 0 Å². The fraction of sp³-hybridized carbons (Fsp3) is 0.150. The molecule has 6 heteroatoms. The predicted octanol–water partition coefficient (Wildman–Crippen LogP) is 4.41. The monoisotopic (exact) mass is 362 g/mol. The summed E-state index contributed by atoms with van der Waals surface area (Å²) < 4.78 is 3.02. The van der Waals surface area contributed by atoms with Crippen molar-refractivity contribution < 1.29 is 4.79 Å². The largest absolute Gasteiger partial charge is 0.298 e. The van der Waals surface area contributed by atoms with Crippen LogP contribution in [0, 0.1) is 13.8 Å². The Hall–Kier alpha value is -2.99. The first kappa shape index (κ1) is 16.5. The lowest BCUT2D eigenvalue weighted by molar-refractivity contribution is 0.102. The minimum absolute atomic E-state index is 0.151. The van der Waals surface area contributed by atoms with Crippen molar-refractivity contribution in [3.05, 3.63) is 77.1 Å². The topological polar surface area (TPSA) is 59.8 Å². The highest BCUT2D eigenvalue weighted by molar-refractivity contribution is 7.22. The van der Waals surface area contributed by atoms with Gasteiger partial charge in [0.25, 0.3) is 5.91 Å². The minimum Gasteiger partial charge on any atom is -0.298 e. The van der Waals surface area contributed by atoms with Crippen LogP contribution in [0.4, 0.5) is 5.13 Å². The molecule has 4 aromatic rings. The number of aromatic nitrogens is 3. The average molecular weight is 362 g/mol. The molecule has 26 heavy (non-hydrogen) atoms. The van der Waals surface area contributed by atoms with E-state index in [1.54, 1.807) is 0 Å². The molecule has 0 aliphatic rings. The van der Waals surface area contributed by atoms with Crippen LogP contribution in [0.2, 0.25) is 0 Å². The molecule has 5 nitrogen and oxygen atoms in total. The van der Waals surface area contributed by atoms with Crippen LogP contribution >= 0.6 is 11.3 Å². The third-order valence-corrected chi connectivity index (χ3v) is 5.12. The molecule has 0 bridgehead atoms. The molecule has 1 N–H and O–H groups in total. The van der Waals surface area contributed by atoms with Gasteiger partial charge in [-0.15, -0.1) is 0 Å². The van der Waals surface area contributed by atoms with Gasteiger partial charge in [0.2, 0.25) is 0 Å². The zero-order valence-electron chi connectivity index (χ0n) is 14.6. The van der Waals surface area contributed by atoms with Gasteiger partial charge in [0.1, 0.15) is 0 Å². The maximum Gasteiger partial charge on any atom is 0.257 e. The van der Waals surface area contributed by atoms with E-state index in [1.165, 1.54) is 11.3 Å². The quantitative estimate of drug-likeness (QED) is 0.585. The summed E-state index contributed by atoms with van der Waals surface area (Å²) in [5.41, 5.74) is 4.75. The molecular formula is C20H18N4OS. The number of nitrogens with zero attached hydrogens (tertiary/aromatic N) is 3. The number of hydrogen-bond acceptors (Lipinski definition) is 4. The van der Waals surface area contributed by atoms with Crippen LogP contribution in [0.5, 0.6) is 0 Å². The van der Waals surface area contributed by atoms with E-state index in [-0.39, 0.29) is 5.91 Å². The number of benzene rings is 2. The summed E-state index contributed by atoms with van der Waals surface area (Å²) in [7, 11) is 0. The Kier molecular flexibility index (Phi) is 4.26. The highest BCUT2D eigenvalue weighted by Crippen LogP contribution is 2.25. The van der Waals surface area contributed by atoms with Crippen LogP contribution in [0.1, 0.15) is 27.3 Å². The van der Waals surface area contributed by atoms with Crippen molar-refractivity contribution in [2.45, 2.75) is 20.4 Å². The van der Waals surface area contributed by atoms with E-state index < -0.39 is 0 Å². The number of carbonyl (C=O) groups is 1. The van der Waals surface area contributed by atoms with E-state index in [4.69, 9.17) is 0 Å². The third kappa shape index (κ3) is 3.36. The normalized spacial score (nSPS) is 11.0. The molecule has 130 valence electrons. The molecule has 0 aliphatic heterocycles. The van der Waals surface area contributed by atoms with Gasteiger partial charge in [-0.25, -0.2) is 4.98 Å². The summed E-state index contributed by atoms with van der Waals surface area (Å²) in [5.74, 6) is -0.151. The second-order valence-corrected chi connectivity index (χ2v) is 7.25. The van der Waals surface area contributed by atoms with E-state index in [2.05, 4.69) is 21.5 Å². The Labute approximate surface area is 155 Å². The maximum atomic E-state index is 12.5. The van der Waals surface area contributed by atoms with Crippen molar-refractivity contribution >= 4 is 32.6 Å². The summed E-state index contributed by atoms with van der Waals surface area (Å²) in [6, 6.07) is 17.5. The van der Waals surface area contributed by atoms with E-state index in [0.29, 0.717) is 17.2 Å². The number of nitrogens with one attached hydrogen (secondary N) is 1. The van der Waals surface area contributed by atoms with Gasteiger partial charge in [-0.2, -0.15) is 5.10 Å². The molecule has 0 fully saturated rings. The molecule has 2 aromatic heterocycles. The van der Waals surface area contributed by atoms with E-state index in [0.717, 1.165) is 27.2 Å². The highest BCUT2D eigenvalue weighted by Gasteiger charge is 2.10. The van der Waals surface area contributed by atoms with Gasteiger partial charge in [-0.3, -0.25) is 14.8 Å². The Morgan fingerprint density at radius 3 is 2.58 bits per heavy atom. The molecule has 0 atom stereocenters. The summed E-state index contributed by atoms with van der Waals surface area (Å²) in [6.07, 6.45) is 0. The number of rotatable bonds is 4. The Bertz CT molecular complexity index is 1050. The standard InChI is InChI=1S/C20H18N4OS/c1-13-11-14(2)24(23-13)12-15-7-9-16(10-8-15)19(25)22-20-21-17-5-3-4-6-18(17)26-20/h3-11H,12H2,1-2H3,(H,21,22,25). The zero-order chi connectivity index (χ0) is 18.1. The average Bonchev–Trinajstić information content (AvgIpc) is 3.17. The molecule has 0 radical (unpaired) electrons. The lowest BCUT2D eigenvalue weighted by Crippen LogP contribution is -2.12. The summed E-state index contributed by atoms with van der Waals surface area (Å²) in [6.45, 7) is 4.72. The van der Waals surface area contributed by atoms with Crippen LogP contribution in [0.15, 0.2) is 54.6 Å². The van der Waals surface area contributed by atoms with Crippen molar-refractivity contribution in [3.63, 3.8) is 0 Å². The molecule has 2 aromatic carbocycles. The van der Waals surface area contributed by atoms with Gasteiger partial charge in [-0.05, 0) is 49.7 Å². The molecule has 4 rings (SSSR count). The number of carbonyl (C=O) groups excluding carboxylic acids is 1. The minimum atomic E-state index is -0.151. The van der Waals surface area contributed by atoms with Crippen molar-refractivity contribution in [3.8, 4) is 0 Å². The number of amides is 1.